The molecule has 0 radical (unpaired) electrons. The Balaban J connectivity index is 1.79. The summed E-state index contributed by atoms with van der Waals surface area (Å²) in [5.41, 5.74) is 6.51. The minimum atomic E-state index is -0.312. The van der Waals surface area contributed by atoms with Gasteiger partial charge in [-0.15, -0.1) is 0 Å². The first kappa shape index (κ1) is 15.5. The molecule has 108 valence electrons. The number of carbonyl (C=O) groups is 2. The van der Waals surface area contributed by atoms with Gasteiger partial charge in [-0.3, -0.25) is 20.4 Å². The van der Waals surface area contributed by atoms with Crippen LogP contribution in [-0.2, 0) is 11.2 Å². The third-order valence-corrected chi connectivity index (χ3v) is 3.86. The number of nitrogens with one attached hydrogen (secondary N) is 2. The normalized spacial score (nSPS) is 9.95. The summed E-state index contributed by atoms with van der Waals surface area (Å²) in [5.74, 6) is -0.522. The Morgan fingerprint density at radius 3 is 2.29 bits per heavy atom. The van der Waals surface area contributed by atoms with E-state index in [2.05, 4.69) is 33.4 Å². The lowest BCUT2D eigenvalue weighted by atomic mass is 10.1. The highest BCUT2D eigenvalue weighted by molar-refractivity contribution is 14.1. The van der Waals surface area contributed by atoms with E-state index in [-0.39, 0.29) is 11.8 Å². The summed E-state index contributed by atoms with van der Waals surface area (Å²) in [7, 11) is 0. The summed E-state index contributed by atoms with van der Waals surface area (Å²) in [5, 5.41) is 0. The molecule has 2 aromatic carbocycles. The lowest BCUT2D eigenvalue weighted by molar-refractivity contribution is -0.121. The zero-order valence-corrected chi connectivity index (χ0v) is 13.5. The van der Waals surface area contributed by atoms with Crippen LogP contribution in [-0.4, -0.2) is 11.8 Å². The van der Waals surface area contributed by atoms with Crippen LogP contribution in [0.5, 0.6) is 0 Å². The Hall–Kier alpha value is -1.89. The second-order valence-electron chi connectivity index (χ2n) is 4.47. The first-order valence-corrected chi connectivity index (χ1v) is 7.62. The molecule has 2 aromatic rings. The fourth-order valence-corrected chi connectivity index (χ4v) is 2.44. The first-order chi connectivity index (χ1) is 10.2. The van der Waals surface area contributed by atoms with Crippen molar-refractivity contribution >= 4 is 34.4 Å². The summed E-state index contributed by atoms with van der Waals surface area (Å²) in [6.45, 7) is 0. The van der Waals surface area contributed by atoms with E-state index < -0.39 is 0 Å². The Bertz CT molecular complexity index is 629. The number of hydrazine groups is 1. The Labute approximate surface area is 137 Å². The van der Waals surface area contributed by atoms with Gasteiger partial charge in [0.15, 0.2) is 0 Å². The van der Waals surface area contributed by atoms with Crippen LogP contribution >= 0.6 is 22.6 Å². The Morgan fingerprint density at radius 2 is 1.57 bits per heavy atom. The van der Waals surface area contributed by atoms with E-state index in [1.807, 2.05) is 42.5 Å². The van der Waals surface area contributed by atoms with Crippen LogP contribution < -0.4 is 10.9 Å². The van der Waals surface area contributed by atoms with Gasteiger partial charge in [0.25, 0.3) is 5.91 Å². The lowest BCUT2D eigenvalue weighted by Crippen LogP contribution is -2.42. The maximum atomic E-state index is 11.9. The molecule has 0 unspecified atom stereocenters. The maximum absolute atomic E-state index is 11.9. The van der Waals surface area contributed by atoms with Crippen molar-refractivity contribution in [3.05, 3.63) is 69.3 Å². The standard InChI is InChI=1S/C16H15IN2O2/c17-14-9-5-4-8-13(14)16(21)19-18-15(20)11-10-12-6-2-1-3-7-12/h1-9H,10-11H2,(H,18,20)(H,19,21). The van der Waals surface area contributed by atoms with E-state index in [1.165, 1.54) is 0 Å². The molecule has 0 bridgehead atoms. The molecule has 0 heterocycles. The second-order valence-corrected chi connectivity index (χ2v) is 5.63. The predicted molar refractivity (Wildman–Crippen MR) is 89.5 cm³/mol. The number of halogens is 1. The third kappa shape index (κ3) is 4.86. The van der Waals surface area contributed by atoms with E-state index in [9.17, 15) is 9.59 Å². The van der Waals surface area contributed by atoms with E-state index in [1.54, 1.807) is 12.1 Å². The molecule has 0 saturated carbocycles. The van der Waals surface area contributed by atoms with Gasteiger partial charge in [0.05, 0.1) is 5.56 Å². The van der Waals surface area contributed by atoms with Crippen molar-refractivity contribution in [1.29, 1.82) is 0 Å². The molecule has 0 fully saturated rings. The van der Waals surface area contributed by atoms with Gasteiger partial charge in [0.1, 0.15) is 0 Å². The number of hydrogen-bond donors (Lipinski definition) is 2. The van der Waals surface area contributed by atoms with Crippen molar-refractivity contribution in [3.63, 3.8) is 0 Å². The van der Waals surface area contributed by atoms with Crippen LogP contribution in [0.25, 0.3) is 0 Å². The first-order valence-electron chi connectivity index (χ1n) is 6.54. The molecule has 0 atom stereocenters. The molecule has 0 aliphatic rings. The average Bonchev–Trinajstić information content (AvgIpc) is 2.52. The van der Waals surface area contributed by atoms with Gasteiger partial charge < -0.3 is 0 Å². The molecule has 0 aliphatic carbocycles. The smallest absolute Gasteiger partial charge is 0.270 e. The number of hydrogen-bond acceptors (Lipinski definition) is 2. The van der Waals surface area contributed by atoms with Gasteiger partial charge in [-0.2, -0.15) is 0 Å². The van der Waals surface area contributed by atoms with Gasteiger partial charge in [-0.25, -0.2) is 0 Å². The number of rotatable bonds is 4. The number of aryl methyl sites for hydroxylation is 1. The van der Waals surface area contributed by atoms with Crippen LogP contribution in [0, 0.1) is 3.57 Å². The zero-order chi connectivity index (χ0) is 15.1. The molecule has 0 saturated heterocycles. The largest absolute Gasteiger partial charge is 0.273 e. The van der Waals surface area contributed by atoms with Crippen molar-refractivity contribution in [1.82, 2.24) is 10.9 Å². The highest BCUT2D eigenvalue weighted by Gasteiger charge is 2.10. The van der Waals surface area contributed by atoms with Gasteiger partial charge in [-0.1, -0.05) is 42.5 Å². The minimum Gasteiger partial charge on any atom is -0.273 e. The van der Waals surface area contributed by atoms with E-state index >= 15 is 0 Å². The van der Waals surface area contributed by atoms with Crippen LogP contribution in [0.2, 0.25) is 0 Å². The summed E-state index contributed by atoms with van der Waals surface area (Å²) in [6.07, 6.45) is 0.974. The van der Waals surface area contributed by atoms with Gasteiger partial charge in [0, 0.05) is 9.99 Å². The summed E-state index contributed by atoms with van der Waals surface area (Å²) in [6, 6.07) is 16.9. The van der Waals surface area contributed by atoms with Gasteiger partial charge in [-0.05, 0) is 46.7 Å². The molecule has 2 N–H and O–H groups in total. The van der Waals surface area contributed by atoms with E-state index in [0.717, 1.165) is 9.13 Å². The van der Waals surface area contributed by atoms with Crippen molar-refractivity contribution in [2.75, 3.05) is 0 Å². The minimum absolute atomic E-state index is 0.210. The van der Waals surface area contributed by atoms with Crippen molar-refractivity contribution in [3.8, 4) is 0 Å². The Kier molecular flexibility index (Phi) is 5.74. The number of carbonyl (C=O) groups excluding carboxylic acids is 2. The van der Waals surface area contributed by atoms with Crippen LogP contribution in [0.15, 0.2) is 54.6 Å². The molecule has 2 rings (SSSR count). The quantitative estimate of drug-likeness (QED) is 0.619. The third-order valence-electron chi connectivity index (χ3n) is 2.92. The molecule has 0 spiro atoms. The van der Waals surface area contributed by atoms with Gasteiger partial charge in [0.2, 0.25) is 5.91 Å². The highest BCUT2D eigenvalue weighted by atomic mass is 127. The molecule has 4 nitrogen and oxygen atoms in total. The lowest BCUT2D eigenvalue weighted by Gasteiger charge is -2.08. The van der Waals surface area contributed by atoms with Crippen LogP contribution in [0.4, 0.5) is 0 Å². The monoisotopic (exact) mass is 394 g/mol. The van der Waals surface area contributed by atoms with Crippen molar-refractivity contribution in [2.24, 2.45) is 0 Å². The van der Waals surface area contributed by atoms with Crippen LogP contribution in [0.1, 0.15) is 22.3 Å². The second kappa shape index (κ2) is 7.78. The number of benzene rings is 2. The zero-order valence-electron chi connectivity index (χ0n) is 11.3. The van der Waals surface area contributed by atoms with Crippen LogP contribution in [0.3, 0.4) is 0 Å². The van der Waals surface area contributed by atoms with E-state index in [0.29, 0.717) is 18.4 Å². The summed E-state index contributed by atoms with van der Waals surface area (Å²) < 4.78 is 0.839. The number of amides is 2. The van der Waals surface area contributed by atoms with Crippen molar-refractivity contribution in [2.45, 2.75) is 12.8 Å². The van der Waals surface area contributed by atoms with E-state index in [4.69, 9.17) is 0 Å². The topological polar surface area (TPSA) is 58.2 Å². The summed E-state index contributed by atoms with van der Waals surface area (Å²) in [4.78, 5) is 23.6. The molecule has 0 aliphatic heterocycles. The average molecular weight is 394 g/mol. The molecule has 21 heavy (non-hydrogen) atoms. The SMILES string of the molecule is O=C(CCc1ccccc1)NNC(=O)c1ccccc1I. The van der Waals surface area contributed by atoms with Crippen molar-refractivity contribution < 1.29 is 9.59 Å². The molecule has 0 aromatic heterocycles. The fraction of sp³-hybridized carbons (Fsp3) is 0.125. The maximum Gasteiger partial charge on any atom is 0.270 e. The Morgan fingerprint density at radius 1 is 0.905 bits per heavy atom. The van der Waals surface area contributed by atoms with Gasteiger partial charge >= 0.3 is 0 Å². The fourth-order valence-electron chi connectivity index (χ4n) is 1.80. The highest BCUT2D eigenvalue weighted by Crippen LogP contribution is 2.10. The predicted octanol–water partition coefficient (Wildman–Crippen LogP) is 2.69. The summed E-state index contributed by atoms with van der Waals surface area (Å²) >= 11 is 2.08. The molecular weight excluding hydrogens is 379 g/mol. The molecule has 2 amide bonds. The molecular formula is C16H15IN2O2. The molecule has 5 heteroatoms.